The van der Waals surface area contributed by atoms with Crippen molar-refractivity contribution in [1.82, 2.24) is 0 Å². The summed E-state index contributed by atoms with van der Waals surface area (Å²) < 4.78 is 0. The molecule has 1 aromatic carbocycles. The van der Waals surface area contributed by atoms with Crippen molar-refractivity contribution in [3.05, 3.63) is 32.8 Å². The highest BCUT2D eigenvalue weighted by molar-refractivity contribution is 8.00. The van der Waals surface area contributed by atoms with Crippen molar-refractivity contribution in [2.45, 2.75) is 23.5 Å². The largest absolute Gasteiger partial charge is 0.478 e. The number of hydrogen-bond acceptors (Lipinski definition) is 5. The van der Waals surface area contributed by atoms with Crippen LogP contribution in [0.3, 0.4) is 0 Å². The molecule has 0 radical (unpaired) electrons. The molecule has 1 unspecified atom stereocenters. The zero-order chi connectivity index (χ0) is 14.6. The maximum Gasteiger partial charge on any atom is 0.337 e. The van der Waals surface area contributed by atoms with E-state index in [1.54, 1.807) is 0 Å². The van der Waals surface area contributed by atoms with E-state index in [2.05, 4.69) is 0 Å². The number of thioether (sulfide) groups is 1. The zero-order valence-corrected chi connectivity index (χ0v) is 11.6. The number of benzene rings is 1. The number of aliphatic hydroxyl groups is 1. The first-order valence-corrected chi connectivity index (χ1v) is 6.61. The number of non-ortho nitro benzene ring substituents is 1. The molecule has 6 nitrogen and oxygen atoms in total. The van der Waals surface area contributed by atoms with Crippen molar-refractivity contribution in [3.63, 3.8) is 0 Å². The predicted molar refractivity (Wildman–Crippen MR) is 72.1 cm³/mol. The number of carboxylic acids is 1. The van der Waals surface area contributed by atoms with Crippen LogP contribution in [-0.2, 0) is 0 Å². The smallest absolute Gasteiger partial charge is 0.337 e. The molecule has 0 saturated carbocycles. The van der Waals surface area contributed by atoms with Gasteiger partial charge in [0.1, 0.15) is 0 Å². The Morgan fingerprint density at radius 2 is 2.21 bits per heavy atom. The van der Waals surface area contributed by atoms with Crippen LogP contribution in [0.25, 0.3) is 0 Å². The standard InChI is InChI=1S/C11H12ClNO5S/c1-6(2-3-14)19-10-8(11(15)16)4-7(13(17)18)5-9(10)12/h4-6,14H,2-3H2,1H3,(H,15,16). The van der Waals surface area contributed by atoms with E-state index in [0.29, 0.717) is 6.42 Å². The van der Waals surface area contributed by atoms with Gasteiger partial charge in [0.05, 0.1) is 15.5 Å². The number of halogens is 1. The van der Waals surface area contributed by atoms with Crippen LogP contribution < -0.4 is 0 Å². The molecule has 1 aromatic rings. The first-order valence-electron chi connectivity index (χ1n) is 5.35. The van der Waals surface area contributed by atoms with Gasteiger partial charge in [0.15, 0.2) is 0 Å². The Hall–Kier alpha value is -1.31. The van der Waals surface area contributed by atoms with Crippen LogP contribution in [0, 0.1) is 10.1 Å². The van der Waals surface area contributed by atoms with E-state index >= 15 is 0 Å². The summed E-state index contributed by atoms with van der Waals surface area (Å²) in [5, 5.41) is 28.6. The molecule has 0 spiro atoms. The lowest BCUT2D eigenvalue weighted by Crippen LogP contribution is -2.05. The van der Waals surface area contributed by atoms with E-state index in [0.717, 1.165) is 12.1 Å². The van der Waals surface area contributed by atoms with E-state index < -0.39 is 10.9 Å². The summed E-state index contributed by atoms with van der Waals surface area (Å²) in [7, 11) is 0. The Labute approximate surface area is 118 Å². The number of hydrogen-bond donors (Lipinski definition) is 2. The molecule has 0 saturated heterocycles. The molecule has 104 valence electrons. The van der Waals surface area contributed by atoms with E-state index in [1.165, 1.54) is 11.8 Å². The molecule has 0 aliphatic rings. The quantitative estimate of drug-likeness (QED) is 0.476. The van der Waals surface area contributed by atoms with Crippen LogP contribution in [0.5, 0.6) is 0 Å². The maximum atomic E-state index is 11.1. The summed E-state index contributed by atoms with van der Waals surface area (Å²) in [5.41, 5.74) is -0.560. The SMILES string of the molecule is CC(CCO)Sc1c(Cl)cc([N+](=O)[O-])cc1C(=O)O. The molecule has 1 atom stereocenters. The van der Waals surface area contributed by atoms with Gasteiger partial charge in [0.2, 0.25) is 0 Å². The summed E-state index contributed by atoms with van der Waals surface area (Å²) in [4.78, 5) is 21.4. The van der Waals surface area contributed by atoms with E-state index in [-0.39, 0.29) is 33.0 Å². The average molecular weight is 306 g/mol. The summed E-state index contributed by atoms with van der Waals surface area (Å²) in [6.07, 6.45) is 0.469. The van der Waals surface area contributed by atoms with Crippen LogP contribution >= 0.6 is 23.4 Å². The third-order valence-corrected chi connectivity index (χ3v) is 4.05. The first kappa shape index (κ1) is 15.7. The highest BCUT2D eigenvalue weighted by Gasteiger charge is 2.21. The Bertz CT molecular complexity index is 508. The molecule has 0 aliphatic carbocycles. The lowest BCUT2D eigenvalue weighted by Gasteiger charge is -2.13. The lowest BCUT2D eigenvalue weighted by atomic mass is 10.2. The highest BCUT2D eigenvalue weighted by atomic mass is 35.5. The fraction of sp³-hybridized carbons (Fsp3) is 0.364. The summed E-state index contributed by atoms with van der Waals surface area (Å²) in [6.45, 7) is 1.78. The van der Waals surface area contributed by atoms with Crippen LogP contribution in [-0.4, -0.2) is 33.0 Å². The number of nitrogens with zero attached hydrogens (tertiary/aromatic N) is 1. The molecule has 0 aliphatic heterocycles. The monoisotopic (exact) mass is 305 g/mol. The van der Waals surface area contributed by atoms with Gasteiger partial charge >= 0.3 is 5.97 Å². The first-order chi connectivity index (χ1) is 8.86. The summed E-state index contributed by atoms with van der Waals surface area (Å²) >= 11 is 7.09. The lowest BCUT2D eigenvalue weighted by molar-refractivity contribution is -0.384. The van der Waals surface area contributed by atoms with Gasteiger partial charge in [-0.05, 0) is 6.42 Å². The van der Waals surface area contributed by atoms with Gasteiger partial charge in [-0.15, -0.1) is 11.8 Å². The van der Waals surface area contributed by atoms with E-state index in [9.17, 15) is 14.9 Å². The number of rotatable bonds is 6. The molecule has 0 fully saturated rings. The van der Waals surface area contributed by atoms with Gasteiger partial charge < -0.3 is 10.2 Å². The van der Waals surface area contributed by atoms with Crippen LogP contribution in [0.4, 0.5) is 5.69 Å². The average Bonchev–Trinajstić information content (AvgIpc) is 2.31. The number of carbonyl (C=O) groups is 1. The fourth-order valence-electron chi connectivity index (χ4n) is 1.41. The second-order valence-electron chi connectivity index (χ2n) is 3.81. The topological polar surface area (TPSA) is 101 Å². The van der Waals surface area contributed by atoms with E-state index in [4.69, 9.17) is 21.8 Å². The van der Waals surface area contributed by atoms with Crippen LogP contribution in [0.1, 0.15) is 23.7 Å². The molecule has 1 rings (SSSR count). The molecular formula is C11H12ClNO5S. The third kappa shape index (κ3) is 4.09. The molecule has 2 N–H and O–H groups in total. The number of nitro groups is 1. The van der Waals surface area contributed by atoms with E-state index in [1.807, 2.05) is 6.92 Å². The second-order valence-corrected chi connectivity index (χ2v) is 5.66. The highest BCUT2D eigenvalue weighted by Crippen LogP contribution is 2.37. The Balaban J connectivity index is 3.22. The van der Waals surface area contributed by atoms with Crippen molar-refractivity contribution in [2.24, 2.45) is 0 Å². The van der Waals surface area contributed by atoms with Crippen molar-refractivity contribution >= 4 is 35.0 Å². The number of aliphatic hydroxyl groups excluding tert-OH is 1. The minimum Gasteiger partial charge on any atom is -0.478 e. The minimum absolute atomic E-state index is 0.0266. The van der Waals surface area contributed by atoms with Crippen LogP contribution in [0.15, 0.2) is 17.0 Å². The van der Waals surface area contributed by atoms with Gasteiger partial charge in [-0.25, -0.2) is 4.79 Å². The van der Waals surface area contributed by atoms with Crippen molar-refractivity contribution in [2.75, 3.05) is 6.61 Å². The molecule has 0 aromatic heterocycles. The molecular weight excluding hydrogens is 294 g/mol. The summed E-state index contributed by atoms with van der Waals surface area (Å²) in [6, 6.07) is 2.12. The van der Waals surface area contributed by atoms with Crippen molar-refractivity contribution < 1.29 is 19.9 Å². The third-order valence-electron chi connectivity index (χ3n) is 2.32. The molecule has 19 heavy (non-hydrogen) atoms. The Morgan fingerprint density at radius 3 is 2.68 bits per heavy atom. The molecule has 0 amide bonds. The number of carboxylic acid groups (broad SMARTS) is 1. The minimum atomic E-state index is -1.27. The van der Waals surface area contributed by atoms with Crippen molar-refractivity contribution in [3.8, 4) is 0 Å². The van der Waals surface area contributed by atoms with Gasteiger partial charge in [-0.2, -0.15) is 0 Å². The Morgan fingerprint density at radius 1 is 1.58 bits per heavy atom. The Kier molecular flexibility index (Phi) is 5.59. The van der Waals surface area contributed by atoms with Gasteiger partial charge in [0, 0.05) is 28.9 Å². The van der Waals surface area contributed by atoms with Gasteiger partial charge in [-0.1, -0.05) is 18.5 Å². The molecule has 0 heterocycles. The number of nitro benzene ring substituents is 1. The second kappa shape index (κ2) is 6.74. The van der Waals surface area contributed by atoms with Crippen molar-refractivity contribution in [1.29, 1.82) is 0 Å². The van der Waals surface area contributed by atoms with Gasteiger partial charge in [0.25, 0.3) is 5.69 Å². The molecule has 8 heteroatoms. The fourth-order valence-corrected chi connectivity index (χ4v) is 2.82. The predicted octanol–water partition coefficient (Wildman–Crippen LogP) is 2.81. The molecule has 0 bridgehead atoms. The maximum absolute atomic E-state index is 11.1. The zero-order valence-electron chi connectivity index (χ0n) is 10.00. The normalized spacial score (nSPS) is 12.2. The van der Waals surface area contributed by atoms with Gasteiger partial charge in [-0.3, -0.25) is 10.1 Å². The van der Waals surface area contributed by atoms with Crippen LogP contribution in [0.2, 0.25) is 5.02 Å². The summed E-state index contributed by atoms with van der Waals surface area (Å²) in [5.74, 6) is -1.27. The number of aromatic carboxylic acids is 1.